The second kappa shape index (κ2) is 5.51. The molecule has 4 nitrogen and oxygen atoms in total. The molecule has 1 aliphatic heterocycles. The lowest BCUT2D eigenvalue weighted by Gasteiger charge is -2.26. The number of nitrogens with one attached hydrogen (secondary N) is 2. The summed E-state index contributed by atoms with van der Waals surface area (Å²) in [6.07, 6.45) is 2.35. The van der Waals surface area contributed by atoms with E-state index in [1.165, 1.54) is 11.1 Å². The predicted octanol–water partition coefficient (Wildman–Crippen LogP) is 2.17. The fourth-order valence-corrected chi connectivity index (χ4v) is 2.56. The highest BCUT2D eigenvalue weighted by molar-refractivity contribution is 5.82. The molecule has 1 aliphatic rings. The Kier molecular flexibility index (Phi) is 3.56. The molecule has 104 valence electrons. The number of carbonyl (C=O) groups excluding carboxylic acids is 1. The summed E-state index contributed by atoms with van der Waals surface area (Å²) in [5.41, 5.74) is 2.52. The van der Waals surface area contributed by atoms with Crippen LogP contribution in [0, 0.1) is 0 Å². The normalized spacial score (nSPS) is 19.1. The van der Waals surface area contributed by atoms with Gasteiger partial charge >= 0.3 is 0 Å². The monoisotopic (exact) mass is 270 g/mol. The molecule has 0 spiro atoms. The maximum atomic E-state index is 12.3. The first-order valence-corrected chi connectivity index (χ1v) is 6.88. The van der Waals surface area contributed by atoms with Crippen molar-refractivity contribution >= 4 is 5.91 Å². The third-order valence-corrected chi connectivity index (χ3v) is 3.73. The van der Waals surface area contributed by atoms with E-state index in [2.05, 4.69) is 22.8 Å². The second-order valence-corrected chi connectivity index (χ2v) is 5.15. The number of benzene rings is 1. The predicted molar refractivity (Wildman–Crippen MR) is 76.0 cm³/mol. The topological polar surface area (TPSA) is 54.3 Å². The van der Waals surface area contributed by atoms with Crippen molar-refractivity contribution in [1.29, 1.82) is 0 Å². The summed E-state index contributed by atoms with van der Waals surface area (Å²) in [7, 11) is 0. The van der Waals surface area contributed by atoms with Gasteiger partial charge in [-0.1, -0.05) is 24.3 Å². The van der Waals surface area contributed by atoms with Gasteiger partial charge in [0, 0.05) is 6.54 Å². The highest BCUT2D eigenvalue weighted by Gasteiger charge is 2.25. The molecule has 0 bridgehead atoms. The van der Waals surface area contributed by atoms with Crippen molar-refractivity contribution in [1.82, 2.24) is 10.6 Å². The lowest BCUT2D eigenvalue weighted by molar-refractivity contribution is -0.124. The van der Waals surface area contributed by atoms with Crippen LogP contribution in [0.4, 0.5) is 0 Å². The van der Waals surface area contributed by atoms with Crippen LogP contribution >= 0.6 is 0 Å². The third-order valence-electron chi connectivity index (χ3n) is 3.73. The molecule has 0 fully saturated rings. The summed E-state index contributed by atoms with van der Waals surface area (Å²) < 4.78 is 5.30. The smallest absolute Gasteiger partial charge is 0.238 e. The van der Waals surface area contributed by atoms with Crippen LogP contribution in [-0.2, 0) is 17.8 Å². The van der Waals surface area contributed by atoms with Gasteiger partial charge in [-0.25, -0.2) is 0 Å². The van der Waals surface area contributed by atoms with Gasteiger partial charge in [-0.05, 0) is 36.6 Å². The van der Waals surface area contributed by atoms with Crippen molar-refractivity contribution in [2.45, 2.75) is 32.0 Å². The van der Waals surface area contributed by atoms with E-state index in [-0.39, 0.29) is 18.0 Å². The number of rotatable bonds is 3. The Labute approximate surface area is 118 Å². The van der Waals surface area contributed by atoms with Crippen LogP contribution in [-0.4, -0.2) is 11.9 Å². The minimum absolute atomic E-state index is 0.0170. The summed E-state index contributed by atoms with van der Waals surface area (Å²) in [4.78, 5) is 12.3. The molecule has 0 saturated heterocycles. The van der Waals surface area contributed by atoms with E-state index in [4.69, 9.17) is 4.42 Å². The molecule has 0 unspecified atom stereocenters. The molecule has 2 heterocycles. The molecule has 1 aromatic heterocycles. The number of hydrogen-bond acceptors (Lipinski definition) is 3. The van der Waals surface area contributed by atoms with Crippen LogP contribution < -0.4 is 10.6 Å². The molecule has 3 rings (SSSR count). The molecule has 4 heteroatoms. The highest BCUT2D eigenvalue weighted by Crippen LogP contribution is 2.17. The maximum Gasteiger partial charge on any atom is 0.238 e. The van der Waals surface area contributed by atoms with Gasteiger partial charge in [0.15, 0.2) is 0 Å². The average Bonchev–Trinajstić information content (AvgIpc) is 3.01. The van der Waals surface area contributed by atoms with Gasteiger partial charge in [-0.2, -0.15) is 0 Å². The largest absolute Gasteiger partial charge is 0.467 e. The highest BCUT2D eigenvalue weighted by atomic mass is 16.3. The van der Waals surface area contributed by atoms with Crippen molar-refractivity contribution in [3.05, 3.63) is 59.5 Å². The van der Waals surface area contributed by atoms with Gasteiger partial charge in [0.2, 0.25) is 5.91 Å². The number of furan rings is 1. The van der Waals surface area contributed by atoms with Crippen LogP contribution in [0.2, 0.25) is 0 Å². The standard InChI is InChI=1S/C16H18N2O2/c1-11(15-7-4-8-20-15)18-16(19)14-9-12-5-2-3-6-13(12)10-17-14/h2-8,11,14,17H,9-10H2,1H3,(H,18,19)/t11-,14-/m1/s1. The van der Waals surface area contributed by atoms with Gasteiger partial charge in [-0.15, -0.1) is 0 Å². The van der Waals surface area contributed by atoms with E-state index >= 15 is 0 Å². The van der Waals surface area contributed by atoms with Crippen molar-refractivity contribution in [3.63, 3.8) is 0 Å². The Morgan fingerprint density at radius 3 is 2.85 bits per heavy atom. The Balaban J connectivity index is 1.64. The van der Waals surface area contributed by atoms with Crippen LogP contribution in [0.5, 0.6) is 0 Å². The van der Waals surface area contributed by atoms with Gasteiger partial charge in [-0.3, -0.25) is 4.79 Å². The summed E-state index contributed by atoms with van der Waals surface area (Å²) in [6.45, 7) is 2.66. The lowest BCUT2D eigenvalue weighted by atomic mass is 9.95. The van der Waals surface area contributed by atoms with E-state index in [1.807, 2.05) is 31.2 Å². The first-order valence-electron chi connectivity index (χ1n) is 6.88. The van der Waals surface area contributed by atoms with Crippen LogP contribution in [0.25, 0.3) is 0 Å². The maximum absolute atomic E-state index is 12.3. The fourth-order valence-electron chi connectivity index (χ4n) is 2.56. The van der Waals surface area contributed by atoms with Gasteiger partial charge in [0.1, 0.15) is 5.76 Å². The Bertz CT molecular complexity index is 592. The van der Waals surface area contributed by atoms with E-state index in [9.17, 15) is 4.79 Å². The van der Waals surface area contributed by atoms with E-state index in [0.717, 1.165) is 18.7 Å². The van der Waals surface area contributed by atoms with E-state index < -0.39 is 0 Å². The summed E-state index contributed by atoms with van der Waals surface area (Å²) in [5, 5.41) is 6.27. The summed E-state index contributed by atoms with van der Waals surface area (Å²) in [5.74, 6) is 0.790. The quantitative estimate of drug-likeness (QED) is 0.898. The molecule has 20 heavy (non-hydrogen) atoms. The van der Waals surface area contributed by atoms with Gasteiger partial charge < -0.3 is 15.1 Å². The molecule has 0 aliphatic carbocycles. The van der Waals surface area contributed by atoms with Crippen molar-refractivity contribution in [2.24, 2.45) is 0 Å². The molecule has 2 N–H and O–H groups in total. The van der Waals surface area contributed by atoms with Gasteiger partial charge in [0.05, 0.1) is 18.3 Å². The second-order valence-electron chi connectivity index (χ2n) is 5.15. The van der Waals surface area contributed by atoms with Crippen molar-refractivity contribution < 1.29 is 9.21 Å². The molecule has 0 saturated carbocycles. The third kappa shape index (κ3) is 2.60. The lowest BCUT2D eigenvalue weighted by Crippen LogP contribution is -2.48. The van der Waals surface area contributed by atoms with Crippen LogP contribution in [0.3, 0.4) is 0 Å². The first kappa shape index (κ1) is 12.9. The molecule has 2 atom stereocenters. The number of fused-ring (bicyclic) bond motifs is 1. The SMILES string of the molecule is C[C@@H](NC(=O)[C@H]1Cc2ccccc2CN1)c1ccco1. The molecule has 1 amide bonds. The van der Waals surface area contributed by atoms with Crippen molar-refractivity contribution in [2.75, 3.05) is 0 Å². The Hall–Kier alpha value is -2.07. The molecular formula is C16H18N2O2. The molecule has 0 radical (unpaired) electrons. The average molecular weight is 270 g/mol. The van der Waals surface area contributed by atoms with Gasteiger partial charge in [0.25, 0.3) is 0 Å². The minimum Gasteiger partial charge on any atom is -0.467 e. The first-order chi connectivity index (χ1) is 9.74. The fraction of sp³-hybridized carbons (Fsp3) is 0.312. The van der Waals surface area contributed by atoms with Crippen molar-refractivity contribution in [3.8, 4) is 0 Å². The van der Waals surface area contributed by atoms with E-state index in [0.29, 0.717) is 0 Å². The van der Waals surface area contributed by atoms with Crippen LogP contribution in [0.1, 0.15) is 29.9 Å². The molecule has 2 aromatic rings. The summed E-state index contributed by atoms with van der Waals surface area (Å²) >= 11 is 0. The Morgan fingerprint density at radius 2 is 2.10 bits per heavy atom. The van der Waals surface area contributed by atoms with Crippen LogP contribution in [0.15, 0.2) is 47.1 Å². The van der Waals surface area contributed by atoms with E-state index in [1.54, 1.807) is 6.26 Å². The zero-order valence-corrected chi connectivity index (χ0v) is 11.4. The Morgan fingerprint density at radius 1 is 1.30 bits per heavy atom. The zero-order valence-electron chi connectivity index (χ0n) is 11.4. The number of amides is 1. The minimum atomic E-state index is -0.178. The number of carbonyl (C=O) groups is 1. The zero-order chi connectivity index (χ0) is 13.9. The number of hydrogen-bond donors (Lipinski definition) is 2. The molecule has 1 aromatic carbocycles. The molecular weight excluding hydrogens is 252 g/mol. The summed E-state index contributed by atoms with van der Waals surface area (Å²) in [6, 6.07) is 11.6.